The van der Waals surface area contributed by atoms with E-state index < -0.39 is 35.7 Å². The second-order valence-electron chi connectivity index (χ2n) is 12.5. The van der Waals surface area contributed by atoms with Gasteiger partial charge in [0.2, 0.25) is 17.7 Å². The van der Waals surface area contributed by atoms with Gasteiger partial charge in [0.25, 0.3) is 0 Å². The Morgan fingerprint density at radius 3 is 2.31 bits per heavy atom. The lowest BCUT2D eigenvalue weighted by molar-refractivity contribution is -0.140. The monoisotopic (exact) mass is 596 g/mol. The topological polar surface area (TPSA) is 125 Å². The molecule has 11 heteroatoms. The highest BCUT2D eigenvalue weighted by atomic mass is 32.1. The van der Waals surface area contributed by atoms with Crippen molar-refractivity contribution in [3.63, 3.8) is 0 Å². The summed E-state index contributed by atoms with van der Waals surface area (Å²) in [5, 5.41) is 5.86. The Kier molecular flexibility index (Phi) is 9.40. The molecule has 2 aliphatic heterocycles. The first-order valence-corrected chi connectivity index (χ1v) is 15.1. The molecule has 4 unspecified atom stereocenters. The largest absolute Gasteiger partial charge is 0.414 e. The maximum atomic E-state index is 13.8. The van der Waals surface area contributed by atoms with Crippen LogP contribution in [0.4, 0.5) is 4.79 Å². The molecule has 0 saturated carbocycles. The Labute approximate surface area is 250 Å². The van der Waals surface area contributed by atoms with Crippen LogP contribution in [0.5, 0.6) is 5.06 Å². The first-order valence-electron chi connectivity index (χ1n) is 14.3. The van der Waals surface area contributed by atoms with Crippen LogP contribution in [-0.2, 0) is 19.2 Å². The second-order valence-corrected chi connectivity index (χ2v) is 13.5. The van der Waals surface area contributed by atoms with E-state index in [-0.39, 0.29) is 42.5 Å². The molecule has 4 amide bonds. The molecule has 0 bridgehead atoms. The van der Waals surface area contributed by atoms with Crippen molar-refractivity contribution in [2.75, 3.05) is 13.1 Å². The number of nitrogens with one attached hydrogen (secondary N) is 2. The van der Waals surface area contributed by atoms with Gasteiger partial charge in [-0.3, -0.25) is 19.2 Å². The van der Waals surface area contributed by atoms with Crippen molar-refractivity contribution in [1.82, 2.24) is 20.4 Å². The minimum absolute atomic E-state index is 0.0756. The Morgan fingerprint density at radius 2 is 1.69 bits per heavy atom. The summed E-state index contributed by atoms with van der Waals surface area (Å²) in [4.78, 5) is 69.3. The number of carbonyl (C=O) groups excluding carboxylic acids is 5. The van der Waals surface area contributed by atoms with Crippen molar-refractivity contribution in [2.24, 2.45) is 11.3 Å². The third kappa shape index (κ3) is 7.00. The maximum Gasteiger partial charge on any atom is 0.414 e. The molecular formula is C31H40N4O6S. The highest BCUT2D eigenvalue weighted by Gasteiger charge is 2.53. The van der Waals surface area contributed by atoms with Gasteiger partial charge in [-0.2, -0.15) is 0 Å². The molecule has 4 atom stereocenters. The molecule has 2 fully saturated rings. The SMILES string of the molecule is CC(=O)NC(C(=O)N1CC(=O)C2C1CCN2C(=O)C(CC(C)C)NC(=O)Oc1ccc(-c2ccccc2)s1)C(C)(C)C. The summed E-state index contributed by atoms with van der Waals surface area (Å²) in [6.07, 6.45) is 0.0396. The summed E-state index contributed by atoms with van der Waals surface area (Å²) >= 11 is 1.33. The number of fused-ring (bicyclic) bond motifs is 1. The van der Waals surface area contributed by atoms with Gasteiger partial charge in [0.1, 0.15) is 18.1 Å². The number of hydrogen-bond donors (Lipinski definition) is 2. The number of nitrogens with zero attached hydrogens (tertiary/aromatic N) is 2. The Balaban J connectivity index is 1.46. The second kappa shape index (κ2) is 12.6. The standard InChI is InChI=1S/C31H40N4O6S/c1-18(2)16-21(33-30(40)41-25-13-12-24(42-25)20-10-8-7-9-11-20)28(38)34-15-14-22-26(34)23(37)17-35(22)29(39)27(31(4,5)6)32-19(3)36/h7-13,18,21-22,26-27H,14-17H2,1-6H3,(H,32,36)(H,33,40). The van der Waals surface area contributed by atoms with E-state index in [1.807, 2.05) is 71.0 Å². The van der Waals surface area contributed by atoms with Crippen LogP contribution in [0.3, 0.4) is 0 Å². The summed E-state index contributed by atoms with van der Waals surface area (Å²) in [5.41, 5.74) is 0.434. The third-order valence-corrected chi connectivity index (χ3v) is 8.59. The van der Waals surface area contributed by atoms with Crippen molar-refractivity contribution in [1.29, 1.82) is 0 Å². The van der Waals surface area contributed by atoms with E-state index in [0.29, 0.717) is 17.9 Å². The van der Waals surface area contributed by atoms with Gasteiger partial charge in [-0.1, -0.05) is 76.3 Å². The van der Waals surface area contributed by atoms with Crippen LogP contribution in [0, 0.1) is 11.3 Å². The van der Waals surface area contributed by atoms with Crippen LogP contribution >= 0.6 is 11.3 Å². The molecule has 2 N–H and O–H groups in total. The average molecular weight is 597 g/mol. The van der Waals surface area contributed by atoms with Gasteiger partial charge in [-0.25, -0.2) is 4.79 Å². The fraction of sp³-hybridized carbons (Fsp3) is 0.516. The van der Waals surface area contributed by atoms with E-state index in [0.717, 1.165) is 10.4 Å². The zero-order valence-electron chi connectivity index (χ0n) is 25.0. The summed E-state index contributed by atoms with van der Waals surface area (Å²) < 4.78 is 5.53. The number of ketones is 1. The molecule has 1 aromatic heterocycles. The lowest BCUT2D eigenvalue weighted by Crippen LogP contribution is -2.56. The van der Waals surface area contributed by atoms with Crippen molar-refractivity contribution in [2.45, 2.75) is 78.6 Å². The lowest BCUT2D eigenvalue weighted by atomic mass is 9.85. The summed E-state index contributed by atoms with van der Waals surface area (Å²) in [7, 11) is 0. The molecule has 42 heavy (non-hydrogen) atoms. The van der Waals surface area contributed by atoms with Gasteiger partial charge in [0.05, 0.1) is 12.6 Å². The molecule has 2 saturated heterocycles. The summed E-state index contributed by atoms with van der Waals surface area (Å²) in [6.45, 7) is 11.0. The molecule has 4 rings (SSSR count). The van der Waals surface area contributed by atoms with E-state index >= 15 is 0 Å². The Bertz CT molecular complexity index is 1330. The highest BCUT2D eigenvalue weighted by molar-refractivity contribution is 7.17. The van der Waals surface area contributed by atoms with Gasteiger partial charge in [0.15, 0.2) is 10.8 Å². The molecule has 226 valence electrons. The molecule has 0 aliphatic carbocycles. The number of ether oxygens (including phenoxy) is 1. The van der Waals surface area contributed by atoms with Crippen molar-refractivity contribution >= 4 is 40.9 Å². The molecule has 1 aromatic carbocycles. The number of carbonyl (C=O) groups is 5. The summed E-state index contributed by atoms with van der Waals surface area (Å²) in [5.74, 6) is -1.19. The highest BCUT2D eigenvalue weighted by Crippen LogP contribution is 2.34. The molecule has 2 aliphatic rings. The van der Waals surface area contributed by atoms with Crippen LogP contribution in [0.25, 0.3) is 10.4 Å². The number of likely N-dealkylation sites (tertiary alicyclic amines) is 2. The van der Waals surface area contributed by atoms with E-state index in [1.54, 1.807) is 6.07 Å². The van der Waals surface area contributed by atoms with Crippen molar-refractivity contribution in [3.05, 3.63) is 42.5 Å². The Hall–Kier alpha value is -3.73. The van der Waals surface area contributed by atoms with E-state index in [4.69, 9.17) is 4.74 Å². The number of rotatable bonds is 8. The normalized spacial score (nSPS) is 19.8. The average Bonchev–Trinajstić information content (AvgIpc) is 3.63. The maximum absolute atomic E-state index is 13.8. The van der Waals surface area contributed by atoms with Crippen LogP contribution < -0.4 is 15.4 Å². The fourth-order valence-electron chi connectivity index (χ4n) is 5.66. The number of hydrogen-bond acceptors (Lipinski definition) is 7. The third-order valence-electron chi connectivity index (χ3n) is 7.58. The minimum Gasteiger partial charge on any atom is -0.399 e. The van der Waals surface area contributed by atoms with Crippen molar-refractivity contribution in [3.8, 4) is 15.5 Å². The van der Waals surface area contributed by atoms with Gasteiger partial charge in [-0.05, 0) is 41.9 Å². The molecule has 0 radical (unpaired) electrons. The van der Waals surface area contributed by atoms with Crippen molar-refractivity contribution < 1.29 is 28.7 Å². The first kappa shape index (κ1) is 31.2. The zero-order chi connectivity index (χ0) is 30.8. The predicted molar refractivity (Wildman–Crippen MR) is 160 cm³/mol. The zero-order valence-corrected chi connectivity index (χ0v) is 25.8. The quantitative estimate of drug-likeness (QED) is 0.477. The van der Waals surface area contributed by atoms with E-state index in [9.17, 15) is 24.0 Å². The van der Waals surface area contributed by atoms with E-state index in [1.165, 1.54) is 28.1 Å². The fourth-order valence-corrected chi connectivity index (χ4v) is 6.52. The first-order chi connectivity index (χ1) is 19.8. The van der Waals surface area contributed by atoms with Crippen LogP contribution in [-0.4, -0.2) is 76.7 Å². The van der Waals surface area contributed by atoms with Gasteiger partial charge in [0, 0.05) is 18.3 Å². The Morgan fingerprint density at radius 1 is 1.00 bits per heavy atom. The molecule has 0 spiro atoms. The molecule has 2 aromatic rings. The lowest BCUT2D eigenvalue weighted by Gasteiger charge is -2.35. The molecular weight excluding hydrogens is 556 g/mol. The van der Waals surface area contributed by atoms with Gasteiger partial charge < -0.3 is 25.2 Å². The van der Waals surface area contributed by atoms with Crippen LogP contribution in [0.1, 0.15) is 54.4 Å². The molecule has 10 nitrogen and oxygen atoms in total. The number of amides is 4. The smallest absolute Gasteiger partial charge is 0.399 e. The summed E-state index contributed by atoms with van der Waals surface area (Å²) in [6, 6.07) is 10.3. The molecule has 3 heterocycles. The van der Waals surface area contributed by atoms with Gasteiger partial charge >= 0.3 is 6.09 Å². The number of Topliss-reactive ketones (excluding diaryl/α,β-unsaturated/α-hetero) is 1. The number of benzene rings is 1. The van der Waals surface area contributed by atoms with E-state index in [2.05, 4.69) is 10.6 Å². The van der Waals surface area contributed by atoms with Gasteiger partial charge in [-0.15, -0.1) is 0 Å². The number of thiophene rings is 1. The predicted octanol–water partition coefficient (Wildman–Crippen LogP) is 3.85. The van der Waals surface area contributed by atoms with Crippen LogP contribution in [0.2, 0.25) is 0 Å². The van der Waals surface area contributed by atoms with Crippen LogP contribution in [0.15, 0.2) is 42.5 Å². The minimum atomic E-state index is -0.899.